The molecule has 7 nitrogen and oxygen atoms in total. The van der Waals surface area contributed by atoms with Gasteiger partial charge in [-0.1, -0.05) is 30.3 Å². The maximum Gasteiger partial charge on any atom is 0.307 e. The van der Waals surface area contributed by atoms with Crippen LogP contribution in [0, 0.1) is 0 Å². The second kappa shape index (κ2) is 8.74. The zero-order chi connectivity index (χ0) is 20.9. The summed E-state index contributed by atoms with van der Waals surface area (Å²) in [5.41, 5.74) is 4.25. The molecule has 0 radical (unpaired) electrons. The lowest BCUT2D eigenvalue weighted by Crippen LogP contribution is -2.16. The van der Waals surface area contributed by atoms with Crippen molar-refractivity contribution >= 4 is 27.6 Å². The lowest BCUT2D eigenvalue weighted by molar-refractivity contribution is 0.0926. The van der Waals surface area contributed by atoms with Gasteiger partial charge in [-0.3, -0.25) is 4.79 Å². The molecular weight excluding hydrogens is 390 g/mol. The summed E-state index contributed by atoms with van der Waals surface area (Å²) in [6, 6.07) is 18.6. The number of sulfone groups is 1. The third kappa shape index (κ3) is 5.32. The second-order valence-electron chi connectivity index (χ2n) is 6.52. The van der Waals surface area contributed by atoms with Crippen molar-refractivity contribution in [3.63, 3.8) is 0 Å². The van der Waals surface area contributed by atoms with Gasteiger partial charge in [-0.15, -0.1) is 0 Å². The van der Waals surface area contributed by atoms with E-state index in [9.17, 15) is 13.2 Å². The fraction of sp³-hybridized carbons (Fsp3) is 0.143. The molecule has 0 spiro atoms. The topological polar surface area (TPSA) is 92.0 Å². The van der Waals surface area contributed by atoms with Gasteiger partial charge in [-0.2, -0.15) is 5.10 Å². The lowest BCUT2D eigenvalue weighted by Gasteiger charge is -2.11. The number of carbonyl (C=O) groups is 1. The molecule has 150 valence electrons. The fourth-order valence-electron chi connectivity index (χ4n) is 2.56. The smallest absolute Gasteiger partial charge is 0.307 e. The minimum Gasteiger partial charge on any atom is -0.455 e. The molecule has 2 aromatic carbocycles. The van der Waals surface area contributed by atoms with Gasteiger partial charge in [0.25, 0.3) is 0 Å². The Hall–Kier alpha value is -3.39. The van der Waals surface area contributed by atoms with E-state index in [0.29, 0.717) is 0 Å². The van der Waals surface area contributed by atoms with Crippen LogP contribution < -0.4 is 10.3 Å². The molecule has 0 saturated carbocycles. The number of benzene rings is 2. The van der Waals surface area contributed by atoms with Crippen molar-refractivity contribution in [1.29, 1.82) is 0 Å². The van der Waals surface area contributed by atoms with Crippen molar-refractivity contribution < 1.29 is 17.6 Å². The van der Waals surface area contributed by atoms with E-state index in [1.807, 2.05) is 43.3 Å². The molecule has 3 aromatic rings. The summed E-state index contributed by atoms with van der Waals surface area (Å²) < 4.78 is 30.2. The van der Waals surface area contributed by atoms with Crippen molar-refractivity contribution in [2.75, 3.05) is 19.0 Å². The summed E-state index contributed by atoms with van der Waals surface area (Å²) >= 11 is 0. The Balaban J connectivity index is 1.60. The number of carbonyl (C=O) groups excluding carboxylic acids is 1. The Bertz CT molecular complexity index is 1100. The van der Waals surface area contributed by atoms with E-state index in [1.165, 1.54) is 30.5 Å². The highest BCUT2D eigenvalue weighted by Gasteiger charge is 2.19. The Morgan fingerprint density at radius 3 is 2.38 bits per heavy atom. The van der Waals surface area contributed by atoms with Gasteiger partial charge in [0.1, 0.15) is 11.5 Å². The number of furan rings is 1. The number of amides is 1. The number of nitrogens with zero attached hydrogens (tertiary/aromatic N) is 2. The molecule has 0 aliphatic carbocycles. The summed E-state index contributed by atoms with van der Waals surface area (Å²) in [7, 11) is 0.354. The summed E-state index contributed by atoms with van der Waals surface area (Å²) in [5, 5.41) is 3.91. The standard InChI is InChI=1S/C21H21N3O4S/c1-24(2)17-10-8-16(9-11-17)14-22-23-21(25)20-13-12-18(28-20)15-29(26,27)19-6-4-3-5-7-19/h3-14H,15H2,1-2H3,(H,23,25)/b22-14-. The van der Waals surface area contributed by atoms with E-state index >= 15 is 0 Å². The maximum atomic E-state index is 12.4. The van der Waals surface area contributed by atoms with E-state index < -0.39 is 15.7 Å². The normalized spacial score (nSPS) is 11.5. The van der Waals surface area contributed by atoms with Crippen molar-refractivity contribution in [3.8, 4) is 0 Å². The van der Waals surface area contributed by atoms with Crippen LogP contribution in [0.2, 0.25) is 0 Å². The van der Waals surface area contributed by atoms with Crippen molar-refractivity contribution in [1.82, 2.24) is 5.43 Å². The van der Waals surface area contributed by atoms with Crippen LogP contribution in [0.1, 0.15) is 21.9 Å². The average molecular weight is 411 g/mol. The monoisotopic (exact) mass is 411 g/mol. The molecule has 0 unspecified atom stereocenters. The number of anilines is 1. The molecule has 1 aromatic heterocycles. The van der Waals surface area contributed by atoms with Gasteiger partial charge in [0, 0.05) is 19.8 Å². The molecule has 1 N–H and O–H groups in total. The Labute approximate surface area is 169 Å². The zero-order valence-corrected chi connectivity index (χ0v) is 16.9. The van der Waals surface area contributed by atoms with E-state index in [-0.39, 0.29) is 22.2 Å². The van der Waals surface area contributed by atoms with E-state index in [1.54, 1.807) is 18.2 Å². The van der Waals surface area contributed by atoms with Crippen LogP contribution >= 0.6 is 0 Å². The van der Waals surface area contributed by atoms with Crippen LogP contribution in [-0.2, 0) is 15.6 Å². The molecule has 1 amide bonds. The SMILES string of the molecule is CN(C)c1ccc(/C=N\NC(=O)c2ccc(CS(=O)(=O)c3ccccc3)o2)cc1. The van der Waals surface area contributed by atoms with Gasteiger partial charge in [0.15, 0.2) is 15.6 Å². The van der Waals surface area contributed by atoms with Crippen molar-refractivity contribution in [3.05, 3.63) is 83.8 Å². The highest BCUT2D eigenvalue weighted by atomic mass is 32.2. The molecule has 8 heteroatoms. The Morgan fingerprint density at radius 1 is 1.03 bits per heavy atom. The molecule has 0 atom stereocenters. The first-order valence-corrected chi connectivity index (χ1v) is 10.5. The van der Waals surface area contributed by atoms with Crippen molar-refractivity contribution in [2.24, 2.45) is 5.10 Å². The van der Waals surface area contributed by atoms with Crippen LogP contribution in [0.25, 0.3) is 0 Å². The first-order valence-electron chi connectivity index (χ1n) is 8.82. The van der Waals surface area contributed by atoms with E-state index in [0.717, 1.165) is 11.3 Å². The van der Waals surface area contributed by atoms with Gasteiger partial charge in [0.05, 0.1) is 11.1 Å². The molecule has 0 aliphatic heterocycles. The number of hydrazone groups is 1. The minimum atomic E-state index is -3.55. The van der Waals surface area contributed by atoms with Crippen LogP contribution in [0.15, 0.2) is 81.1 Å². The van der Waals surface area contributed by atoms with Gasteiger partial charge < -0.3 is 9.32 Å². The Kier molecular flexibility index (Phi) is 6.13. The van der Waals surface area contributed by atoms with E-state index in [4.69, 9.17) is 4.42 Å². The predicted molar refractivity (Wildman–Crippen MR) is 112 cm³/mol. The molecule has 3 rings (SSSR count). The van der Waals surface area contributed by atoms with Gasteiger partial charge in [-0.05, 0) is 42.0 Å². The zero-order valence-electron chi connectivity index (χ0n) is 16.1. The summed E-state index contributed by atoms with van der Waals surface area (Å²) in [4.78, 5) is 14.3. The van der Waals surface area contributed by atoms with Crippen LogP contribution in [0.4, 0.5) is 5.69 Å². The van der Waals surface area contributed by atoms with E-state index in [2.05, 4.69) is 10.5 Å². The maximum absolute atomic E-state index is 12.4. The third-order valence-electron chi connectivity index (χ3n) is 4.11. The average Bonchev–Trinajstić information content (AvgIpc) is 3.17. The largest absolute Gasteiger partial charge is 0.455 e. The van der Waals surface area contributed by atoms with Gasteiger partial charge in [-0.25, -0.2) is 13.8 Å². The molecule has 1 heterocycles. The first-order chi connectivity index (χ1) is 13.8. The highest BCUT2D eigenvalue weighted by molar-refractivity contribution is 7.90. The van der Waals surface area contributed by atoms with Crippen LogP contribution in [0.5, 0.6) is 0 Å². The number of hydrogen-bond donors (Lipinski definition) is 1. The van der Waals surface area contributed by atoms with Crippen LogP contribution in [0.3, 0.4) is 0 Å². The molecule has 29 heavy (non-hydrogen) atoms. The Morgan fingerprint density at radius 2 is 1.72 bits per heavy atom. The lowest BCUT2D eigenvalue weighted by atomic mass is 10.2. The van der Waals surface area contributed by atoms with Crippen molar-refractivity contribution in [2.45, 2.75) is 10.6 Å². The van der Waals surface area contributed by atoms with Gasteiger partial charge in [0.2, 0.25) is 0 Å². The predicted octanol–water partition coefficient (Wildman–Crippen LogP) is 3.08. The molecular formula is C21H21N3O4S. The number of nitrogens with one attached hydrogen (secondary N) is 1. The molecule has 0 saturated heterocycles. The third-order valence-corrected chi connectivity index (χ3v) is 5.76. The summed E-state index contributed by atoms with van der Waals surface area (Å²) in [6.45, 7) is 0. The number of rotatable bonds is 7. The fourth-order valence-corrected chi connectivity index (χ4v) is 3.82. The number of hydrogen-bond acceptors (Lipinski definition) is 6. The summed E-state index contributed by atoms with van der Waals surface area (Å²) in [6.07, 6.45) is 1.51. The second-order valence-corrected chi connectivity index (χ2v) is 8.51. The summed E-state index contributed by atoms with van der Waals surface area (Å²) in [5.74, 6) is -0.716. The van der Waals surface area contributed by atoms with Gasteiger partial charge >= 0.3 is 5.91 Å². The van der Waals surface area contributed by atoms with Crippen LogP contribution in [-0.4, -0.2) is 34.6 Å². The molecule has 0 bridgehead atoms. The molecule has 0 aliphatic rings. The highest BCUT2D eigenvalue weighted by Crippen LogP contribution is 2.18. The first kappa shape index (κ1) is 20.3. The quantitative estimate of drug-likeness (QED) is 0.476. The molecule has 0 fully saturated rings. The minimum absolute atomic E-state index is 0.0108.